The van der Waals surface area contributed by atoms with Gasteiger partial charge in [-0.15, -0.1) is 0 Å². The summed E-state index contributed by atoms with van der Waals surface area (Å²) < 4.78 is 19.0. The van der Waals surface area contributed by atoms with Crippen LogP contribution >= 0.6 is 0 Å². The molecule has 0 amide bonds. The molecule has 92 valence electrons. The molecule has 0 aromatic heterocycles. The Hall–Kier alpha value is -3.05. The number of rotatable bonds is 2. The Kier molecular flexibility index (Phi) is 3.31. The number of para-hydroxylation sites is 1. The third kappa shape index (κ3) is 2.46. The van der Waals surface area contributed by atoms with Crippen LogP contribution in [0.3, 0.4) is 0 Å². The van der Waals surface area contributed by atoms with E-state index in [2.05, 4.69) is 0 Å². The van der Waals surface area contributed by atoms with Crippen molar-refractivity contribution in [3.05, 3.63) is 53.3 Å². The van der Waals surface area contributed by atoms with Crippen molar-refractivity contribution < 1.29 is 9.13 Å². The number of ether oxygens (including phenoxy) is 1. The molecule has 19 heavy (non-hydrogen) atoms. The molecule has 2 N–H and O–H groups in total. The number of anilines is 1. The van der Waals surface area contributed by atoms with Crippen LogP contribution in [0, 0.1) is 28.5 Å². The van der Waals surface area contributed by atoms with E-state index < -0.39 is 5.82 Å². The fraction of sp³-hybridized carbons (Fsp3) is 0. The molecule has 0 aliphatic rings. The fourth-order valence-corrected chi connectivity index (χ4v) is 1.50. The third-order valence-corrected chi connectivity index (χ3v) is 2.47. The van der Waals surface area contributed by atoms with Crippen LogP contribution in [0.4, 0.5) is 10.1 Å². The number of nitrogen functional groups attached to an aromatic ring is 1. The average molecular weight is 253 g/mol. The van der Waals surface area contributed by atoms with Gasteiger partial charge in [-0.05, 0) is 30.3 Å². The lowest BCUT2D eigenvalue weighted by Crippen LogP contribution is -1.96. The van der Waals surface area contributed by atoms with Gasteiger partial charge in [0, 0.05) is 0 Å². The smallest absolute Gasteiger partial charge is 0.167 e. The number of nitrogens with zero attached hydrogens (tertiary/aromatic N) is 2. The zero-order valence-electron chi connectivity index (χ0n) is 9.72. The largest absolute Gasteiger partial charge is 0.452 e. The highest BCUT2D eigenvalue weighted by Gasteiger charge is 2.10. The van der Waals surface area contributed by atoms with Crippen LogP contribution in [0.2, 0.25) is 0 Å². The minimum Gasteiger partial charge on any atom is -0.452 e. The van der Waals surface area contributed by atoms with E-state index in [9.17, 15) is 4.39 Å². The molecule has 2 aromatic rings. The lowest BCUT2D eigenvalue weighted by Gasteiger charge is -2.09. The Labute approximate surface area is 109 Å². The van der Waals surface area contributed by atoms with Gasteiger partial charge in [0.15, 0.2) is 17.3 Å². The second kappa shape index (κ2) is 5.07. The molecule has 0 aliphatic carbocycles. The summed E-state index contributed by atoms with van der Waals surface area (Å²) in [5.74, 6) is -0.524. The first-order chi connectivity index (χ1) is 9.15. The van der Waals surface area contributed by atoms with Crippen molar-refractivity contribution in [2.75, 3.05) is 5.73 Å². The van der Waals surface area contributed by atoms with Crippen LogP contribution in [-0.4, -0.2) is 0 Å². The highest BCUT2D eigenvalue weighted by atomic mass is 19.1. The third-order valence-electron chi connectivity index (χ3n) is 2.47. The van der Waals surface area contributed by atoms with Gasteiger partial charge in [-0.1, -0.05) is 6.07 Å². The average Bonchev–Trinajstić information content (AvgIpc) is 2.43. The number of nitrogens with two attached hydrogens (primary N) is 1. The van der Waals surface area contributed by atoms with Crippen molar-refractivity contribution in [2.24, 2.45) is 0 Å². The van der Waals surface area contributed by atoms with Gasteiger partial charge >= 0.3 is 0 Å². The van der Waals surface area contributed by atoms with Gasteiger partial charge in [-0.2, -0.15) is 10.5 Å². The summed E-state index contributed by atoms with van der Waals surface area (Å²) >= 11 is 0. The van der Waals surface area contributed by atoms with Crippen molar-refractivity contribution in [1.29, 1.82) is 10.5 Å². The highest BCUT2D eigenvalue weighted by Crippen LogP contribution is 2.31. The second-order valence-corrected chi connectivity index (χ2v) is 3.69. The molecule has 5 heteroatoms. The van der Waals surface area contributed by atoms with Gasteiger partial charge in [-0.25, -0.2) is 4.39 Å². The van der Waals surface area contributed by atoms with Gasteiger partial charge in [0.25, 0.3) is 0 Å². The molecule has 2 aromatic carbocycles. The van der Waals surface area contributed by atoms with Crippen molar-refractivity contribution in [2.45, 2.75) is 0 Å². The molecule has 0 fully saturated rings. The predicted octanol–water partition coefficient (Wildman–Crippen LogP) is 2.94. The van der Waals surface area contributed by atoms with Crippen molar-refractivity contribution in [3.8, 4) is 23.6 Å². The van der Waals surface area contributed by atoms with Crippen LogP contribution in [0.1, 0.15) is 11.1 Å². The van der Waals surface area contributed by atoms with Crippen LogP contribution < -0.4 is 10.5 Å². The number of benzene rings is 2. The van der Waals surface area contributed by atoms with E-state index >= 15 is 0 Å². The molecule has 0 bridgehead atoms. The highest BCUT2D eigenvalue weighted by molar-refractivity contribution is 5.63. The molecule has 0 radical (unpaired) electrons. The molecule has 4 nitrogen and oxygen atoms in total. The second-order valence-electron chi connectivity index (χ2n) is 3.69. The van der Waals surface area contributed by atoms with Gasteiger partial charge in [0.1, 0.15) is 6.07 Å². The van der Waals surface area contributed by atoms with Gasteiger partial charge in [0.05, 0.1) is 22.9 Å². The van der Waals surface area contributed by atoms with Crippen molar-refractivity contribution in [3.63, 3.8) is 0 Å². The monoisotopic (exact) mass is 253 g/mol. The molecule has 0 unspecified atom stereocenters. The van der Waals surface area contributed by atoms with E-state index in [1.54, 1.807) is 6.07 Å². The summed E-state index contributed by atoms with van der Waals surface area (Å²) in [6.07, 6.45) is 0. The molecule has 0 aliphatic heterocycles. The SMILES string of the molecule is N#Cc1ccc(Oc2cccc(C#N)c2N)c(F)c1. The predicted molar refractivity (Wildman–Crippen MR) is 66.8 cm³/mol. The van der Waals surface area contributed by atoms with Gasteiger partial charge in [-0.3, -0.25) is 0 Å². The van der Waals surface area contributed by atoms with Gasteiger partial charge in [0.2, 0.25) is 0 Å². The van der Waals surface area contributed by atoms with Crippen molar-refractivity contribution >= 4 is 5.69 Å². The van der Waals surface area contributed by atoms with E-state index in [1.165, 1.54) is 24.3 Å². The summed E-state index contributed by atoms with van der Waals surface area (Å²) in [6.45, 7) is 0. The molecule has 0 spiro atoms. The van der Waals surface area contributed by atoms with Crippen molar-refractivity contribution in [1.82, 2.24) is 0 Å². The number of hydrogen-bond acceptors (Lipinski definition) is 4. The van der Waals surface area contributed by atoms with E-state index in [1.807, 2.05) is 12.1 Å². The maximum Gasteiger partial charge on any atom is 0.167 e. The van der Waals surface area contributed by atoms with E-state index in [0.29, 0.717) is 0 Å². The summed E-state index contributed by atoms with van der Waals surface area (Å²) in [5, 5.41) is 17.5. The molecule has 2 rings (SSSR count). The first kappa shape index (κ1) is 12.4. The Balaban J connectivity index is 2.38. The summed E-state index contributed by atoms with van der Waals surface area (Å²) in [7, 11) is 0. The Morgan fingerprint density at radius 2 is 1.84 bits per heavy atom. The normalized spacial score (nSPS) is 9.42. The maximum atomic E-state index is 13.7. The van der Waals surface area contributed by atoms with Crippen LogP contribution in [0.15, 0.2) is 36.4 Å². The number of hydrogen-bond donors (Lipinski definition) is 1. The Morgan fingerprint density at radius 1 is 1.05 bits per heavy atom. The Morgan fingerprint density at radius 3 is 2.47 bits per heavy atom. The minimum absolute atomic E-state index is 0.0548. The fourth-order valence-electron chi connectivity index (χ4n) is 1.50. The molecule has 0 saturated heterocycles. The van der Waals surface area contributed by atoms with Crippen LogP contribution in [-0.2, 0) is 0 Å². The summed E-state index contributed by atoms with van der Waals surface area (Å²) in [6, 6.07) is 12.2. The molecular formula is C14H8FN3O. The summed E-state index contributed by atoms with van der Waals surface area (Å²) in [4.78, 5) is 0. The van der Waals surface area contributed by atoms with Crippen LogP contribution in [0.5, 0.6) is 11.5 Å². The first-order valence-corrected chi connectivity index (χ1v) is 5.32. The number of nitriles is 2. The lowest BCUT2D eigenvalue weighted by atomic mass is 10.2. The topological polar surface area (TPSA) is 82.8 Å². The van der Waals surface area contributed by atoms with Crippen LogP contribution in [0.25, 0.3) is 0 Å². The zero-order valence-corrected chi connectivity index (χ0v) is 9.72. The van der Waals surface area contributed by atoms with E-state index in [4.69, 9.17) is 21.0 Å². The summed E-state index contributed by atoms with van der Waals surface area (Å²) in [5.41, 5.74) is 6.33. The molecule has 0 heterocycles. The molecule has 0 atom stereocenters. The Bertz CT molecular complexity index is 714. The lowest BCUT2D eigenvalue weighted by molar-refractivity contribution is 0.444. The van der Waals surface area contributed by atoms with Gasteiger partial charge < -0.3 is 10.5 Å². The maximum absolute atomic E-state index is 13.7. The van der Waals surface area contributed by atoms with E-state index in [0.717, 1.165) is 6.07 Å². The van der Waals surface area contributed by atoms with E-state index in [-0.39, 0.29) is 28.3 Å². The zero-order chi connectivity index (χ0) is 13.8. The standard InChI is InChI=1S/C14H8FN3O/c15-11-6-9(7-16)4-5-12(11)19-13-3-1-2-10(8-17)14(13)18/h1-6H,18H2. The minimum atomic E-state index is -0.666. The quantitative estimate of drug-likeness (QED) is 0.834. The number of halogens is 1. The first-order valence-electron chi connectivity index (χ1n) is 5.32. The molecular weight excluding hydrogens is 245 g/mol. The molecule has 0 saturated carbocycles.